The molecule has 0 spiro atoms. The molecule has 2 nitrogen and oxygen atoms in total. The zero-order valence-electron chi connectivity index (χ0n) is 15.8. The van der Waals surface area contributed by atoms with Crippen LogP contribution in [0.5, 0.6) is 0 Å². The van der Waals surface area contributed by atoms with Gasteiger partial charge in [-0.2, -0.15) is 0 Å². The Morgan fingerprint density at radius 1 is 0.759 bits per heavy atom. The van der Waals surface area contributed by atoms with E-state index in [-0.39, 0.29) is 0 Å². The van der Waals surface area contributed by atoms with E-state index >= 15 is 0 Å². The van der Waals surface area contributed by atoms with Crippen molar-refractivity contribution in [1.82, 2.24) is 9.55 Å². The predicted molar refractivity (Wildman–Crippen MR) is 123 cm³/mol. The van der Waals surface area contributed by atoms with Crippen molar-refractivity contribution < 1.29 is 0 Å². The largest absolute Gasteiger partial charge is 0.320 e. The van der Waals surface area contributed by atoms with Crippen molar-refractivity contribution >= 4 is 45.6 Å². The highest BCUT2D eigenvalue weighted by Gasteiger charge is 2.10. The molecule has 140 valence electrons. The molecular weight excluding hydrogens is 376 g/mol. The lowest BCUT2D eigenvalue weighted by Crippen LogP contribution is -2.02. The molecule has 0 atom stereocenters. The minimum Gasteiger partial charge on any atom is -0.320 e. The summed E-state index contributed by atoms with van der Waals surface area (Å²) in [4.78, 5) is 4.87. The molecule has 0 aliphatic carbocycles. The SMILES string of the molecule is Clc1ccc(/C=C/c2nc3ccccc3n2Cc2cccc3ccccc23)cc1. The van der Waals surface area contributed by atoms with Gasteiger partial charge in [0, 0.05) is 5.02 Å². The molecule has 0 bridgehead atoms. The molecule has 0 saturated carbocycles. The smallest absolute Gasteiger partial charge is 0.134 e. The molecule has 0 N–H and O–H groups in total. The van der Waals surface area contributed by atoms with Crippen molar-refractivity contribution in [2.24, 2.45) is 0 Å². The molecule has 0 fully saturated rings. The van der Waals surface area contributed by atoms with Crippen molar-refractivity contribution in [2.45, 2.75) is 6.54 Å². The van der Waals surface area contributed by atoms with Crippen molar-refractivity contribution in [1.29, 1.82) is 0 Å². The number of hydrogen-bond acceptors (Lipinski definition) is 1. The summed E-state index contributed by atoms with van der Waals surface area (Å²) >= 11 is 6.00. The molecule has 5 rings (SSSR count). The topological polar surface area (TPSA) is 17.8 Å². The van der Waals surface area contributed by atoms with Crippen molar-refractivity contribution in [3.05, 3.63) is 113 Å². The average molecular weight is 395 g/mol. The number of aromatic nitrogens is 2. The summed E-state index contributed by atoms with van der Waals surface area (Å²) in [5.41, 5.74) is 4.52. The summed E-state index contributed by atoms with van der Waals surface area (Å²) in [7, 11) is 0. The number of hydrogen-bond donors (Lipinski definition) is 0. The van der Waals surface area contributed by atoms with E-state index in [1.807, 2.05) is 30.3 Å². The van der Waals surface area contributed by atoms with Gasteiger partial charge in [0.1, 0.15) is 5.82 Å². The molecule has 0 saturated heterocycles. The fourth-order valence-corrected chi connectivity index (χ4v) is 3.86. The normalized spacial score (nSPS) is 11.6. The summed E-state index contributed by atoms with van der Waals surface area (Å²) in [6.07, 6.45) is 4.16. The van der Waals surface area contributed by atoms with Crippen LogP contribution >= 0.6 is 11.6 Å². The van der Waals surface area contributed by atoms with Crippen LogP contribution in [0.1, 0.15) is 17.0 Å². The molecule has 1 aromatic heterocycles. The summed E-state index contributed by atoms with van der Waals surface area (Å²) < 4.78 is 2.28. The van der Waals surface area contributed by atoms with Gasteiger partial charge in [0.2, 0.25) is 0 Å². The van der Waals surface area contributed by atoms with Crippen molar-refractivity contribution in [3.63, 3.8) is 0 Å². The molecule has 0 unspecified atom stereocenters. The molecule has 29 heavy (non-hydrogen) atoms. The molecular formula is C26H19ClN2. The van der Waals surface area contributed by atoms with Crippen molar-refractivity contribution in [2.75, 3.05) is 0 Å². The number of para-hydroxylation sites is 2. The van der Waals surface area contributed by atoms with Gasteiger partial charge < -0.3 is 4.57 Å². The zero-order valence-corrected chi connectivity index (χ0v) is 16.6. The number of rotatable bonds is 4. The third-order valence-corrected chi connectivity index (χ3v) is 5.44. The lowest BCUT2D eigenvalue weighted by atomic mass is 10.0. The van der Waals surface area contributed by atoms with E-state index in [0.717, 1.165) is 34.0 Å². The first-order valence-corrected chi connectivity index (χ1v) is 10.0. The summed E-state index contributed by atoms with van der Waals surface area (Å²) in [5, 5.41) is 3.28. The van der Waals surface area contributed by atoms with E-state index in [9.17, 15) is 0 Å². The third kappa shape index (κ3) is 3.55. The van der Waals surface area contributed by atoms with Crippen LogP contribution in [-0.4, -0.2) is 9.55 Å². The Morgan fingerprint density at radius 2 is 1.52 bits per heavy atom. The van der Waals surface area contributed by atoms with Crippen LogP contribution in [0.3, 0.4) is 0 Å². The minimum absolute atomic E-state index is 0.741. The monoisotopic (exact) mass is 394 g/mol. The van der Waals surface area contributed by atoms with Crippen LogP contribution in [0, 0.1) is 0 Å². The van der Waals surface area contributed by atoms with Crippen LogP contribution in [0.2, 0.25) is 5.02 Å². The maximum atomic E-state index is 6.00. The highest BCUT2D eigenvalue weighted by molar-refractivity contribution is 6.30. The van der Waals surface area contributed by atoms with Crippen LogP contribution in [-0.2, 0) is 6.54 Å². The standard InChI is InChI=1S/C26H19ClN2/c27-22-15-12-19(13-16-22)14-17-26-28-24-10-3-4-11-25(24)29(26)18-21-8-5-7-20-6-1-2-9-23(20)21/h1-17H,18H2/b17-14+. The molecule has 0 aliphatic heterocycles. The molecule has 0 amide bonds. The van der Waals surface area contributed by atoms with Gasteiger partial charge in [-0.25, -0.2) is 4.98 Å². The van der Waals surface area contributed by atoms with Gasteiger partial charge in [-0.05, 0) is 52.2 Å². The van der Waals surface area contributed by atoms with Gasteiger partial charge in [-0.3, -0.25) is 0 Å². The van der Waals surface area contributed by atoms with Gasteiger partial charge in [-0.1, -0.05) is 84.4 Å². The molecule has 3 heteroatoms. The van der Waals surface area contributed by atoms with E-state index < -0.39 is 0 Å². The van der Waals surface area contributed by atoms with Crippen LogP contribution in [0.25, 0.3) is 34.0 Å². The predicted octanol–water partition coefficient (Wildman–Crippen LogP) is 7.06. The van der Waals surface area contributed by atoms with Crippen molar-refractivity contribution in [3.8, 4) is 0 Å². The van der Waals surface area contributed by atoms with E-state index in [4.69, 9.17) is 16.6 Å². The first-order valence-electron chi connectivity index (χ1n) is 9.63. The molecule has 5 aromatic rings. The Hall–Kier alpha value is -3.36. The first kappa shape index (κ1) is 17.7. The lowest BCUT2D eigenvalue weighted by molar-refractivity contribution is 0.819. The molecule has 4 aromatic carbocycles. The summed E-state index contributed by atoms with van der Waals surface area (Å²) in [6, 6.07) is 31.1. The Morgan fingerprint density at radius 3 is 2.41 bits per heavy atom. The Balaban J connectivity index is 1.60. The quantitative estimate of drug-likeness (QED) is 0.319. The molecule has 0 aliphatic rings. The number of imidazole rings is 1. The molecule has 0 radical (unpaired) electrons. The number of halogens is 1. The van der Waals surface area contributed by atoms with E-state index in [1.165, 1.54) is 16.3 Å². The van der Waals surface area contributed by atoms with Crippen LogP contribution < -0.4 is 0 Å². The highest BCUT2D eigenvalue weighted by atomic mass is 35.5. The first-order chi connectivity index (χ1) is 14.3. The number of benzene rings is 4. The fraction of sp³-hybridized carbons (Fsp3) is 0.0385. The summed E-state index contributed by atoms with van der Waals surface area (Å²) in [6.45, 7) is 0.766. The van der Waals surface area contributed by atoms with Gasteiger partial charge in [0.05, 0.1) is 17.6 Å². The third-order valence-electron chi connectivity index (χ3n) is 5.19. The Bertz CT molecular complexity index is 1320. The molecule has 1 heterocycles. The van der Waals surface area contributed by atoms with Crippen LogP contribution in [0.4, 0.5) is 0 Å². The highest BCUT2D eigenvalue weighted by Crippen LogP contribution is 2.24. The van der Waals surface area contributed by atoms with E-state index in [2.05, 4.69) is 77.4 Å². The lowest BCUT2D eigenvalue weighted by Gasteiger charge is -2.10. The second kappa shape index (κ2) is 7.57. The van der Waals surface area contributed by atoms with E-state index in [0.29, 0.717) is 0 Å². The van der Waals surface area contributed by atoms with Gasteiger partial charge >= 0.3 is 0 Å². The zero-order chi connectivity index (χ0) is 19.6. The Labute approximate surface area is 174 Å². The Kier molecular flexibility index (Phi) is 4.63. The second-order valence-electron chi connectivity index (χ2n) is 7.07. The maximum absolute atomic E-state index is 6.00. The minimum atomic E-state index is 0.741. The number of nitrogens with zero attached hydrogens (tertiary/aromatic N) is 2. The fourth-order valence-electron chi connectivity index (χ4n) is 3.73. The second-order valence-corrected chi connectivity index (χ2v) is 7.50. The van der Waals surface area contributed by atoms with Gasteiger partial charge in [0.25, 0.3) is 0 Å². The van der Waals surface area contributed by atoms with Gasteiger partial charge in [0.15, 0.2) is 0 Å². The van der Waals surface area contributed by atoms with Crippen LogP contribution in [0.15, 0.2) is 91.0 Å². The maximum Gasteiger partial charge on any atom is 0.134 e. The average Bonchev–Trinajstić information content (AvgIpc) is 3.11. The number of fused-ring (bicyclic) bond motifs is 2. The summed E-state index contributed by atoms with van der Waals surface area (Å²) in [5.74, 6) is 0.939. The van der Waals surface area contributed by atoms with E-state index in [1.54, 1.807) is 0 Å². The van der Waals surface area contributed by atoms with Gasteiger partial charge in [-0.15, -0.1) is 0 Å².